The van der Waals surface area contributed by atoms with Gasteiger partial charge in [0.25, 0.3) is 0 Å². The highest BCUT2D eigenvalue weighted by Crippen LogP contribution is 2.24. The molecule has 0 bridgehead atoms. The number of nitrogens with one attached hydrogen (secondary N) is 1. The summed E-state index contributed by atoms with van der Waals surface area (Å²) in [6.07, 6.45) is 1.81. The van der Waals surface area contributed by atoms with E-state index in [0.29, 0.717) is 6.54 Å². The van der Waals surface area contributed by atoms with Crippen LogP contribution in [0, 0.1) is 12.8 Å². The van der Waals surface area contributed by atoms with Crippen molar-refractivity contribution in [2.24, 2.45) is 5.92 Å². The van der Waals surface area contributed by atoms with Crippen LogP contribution in [0.3, 0.4) is 0 Å². The first-order valence-corrected chi connectivity index (χ1v) is 9.03. The van der Waals surface area contributed by atoms with Gasteiger partial charge in [0.05, 0.1) is 13.0 Å². The molecule has 1 N–H and O–H groups in total. The first-order valence-electron chi connectivity index (χ1n) is 9.03. The number of ether oxygens (including phenoxy) is 1. The summed E-state index contributed by atoms with van der Waals surface area (Å²) in [4.78, 5) is 14.9. The van der Waals surface area contributed by atoms with Gasteiger partial charge in [-0.2, -0.15) is 4.52 Å². The van der Waals surface area contributed by atoms with Crippen LogP contribution in [0.15, 0.2) is 36.4 Å². The van der Waals surface area contributed by atoms with Crippen LogP contribution in [0.2, 0.25) is 0 Å². The average molecular weight is 366 g/mol. The van der Waals surface area contributed by atoms with Gasteiger partial charge in [0, 0.05) is 18.8 Å². The summed E-state index contributed by atoms with van der Waals surface area (Å²) in [7, 11) is 1.62. The average Bonchev–Trinajstić information content (AvgIpc) is 3.09. The maximum atomic E-state index is 12.7. The SMILES string of the molecule is COc1ccc(NC(=O)C2CCCN(c3ccc4nnc(C)n4n3)C2)cc1. The molecule has 1 amide bonds. The topological polar surface area (TPSA) is 84.6 Å². The molecule has 0 aliphatic carbocycles. The molecule has 2 aromatic heterocycles. The van der Waals surface area contributed by atoms with Crippen LogP contribution in [0.1, 0.15) is 18.7 Å². The molecule has 1 aromatic carbocycles. The second-order valence-corrected chi connectivity index (χ2v) is 6.71. The number of benzene rings is 1. The van der Waals surface area contributed by atoms with E-state index in [2.05, 4.69) is 25.5 Å². The van der Waals surface area contributed by atoms with Crippen molar-refractivity contribution in [3.63, 3.8) is 0 Å². The third-order valence-electron chi connectivity index (χ3n) is 4.88. The number of carbonyl (C=O) groups is 1. The van der Waals surface area contributed by atoms with Crippen LogP contribution in [0.4, 0.5) is 11.5 Å². The summed E-state index contributed by atoms with van der Waals surface area (Å²) in [6.45, 7) is 3.39. The van der Waals surface area contributed by atoms with Crippen molar-refractivity contribution >= 4 is 23.1 Å². The maximum Gasteiger partial charge on any atom is 0.229 e. The van der Waals surface area contributed by atoms with Gasteiger partial charge in [0.1, 0.15) is 11.6 Å². The lowest BCUT2D eigenvalue weighted by Crippen LogP contribution is -2.41. The molecule has 27 heavy (non-hydrogen) atoms. The van der Waals surface area contributed by atoms with E-state index in [9.17, 15) is 4.79 Å². The summed E-state index contributed by atoms with van der Waals surface area (Å²) < 4.78 is 6.88. The number of anilines is 2. The highest BCUT2D eigenvalue weighted by molar-refractivity contribution is 5.93. The fraction of sp³-hybridized carbons (Fsp3) is 0.368. The van der Waals surface area contributed by atoms with Crippen molar-refractivity contribution in [3.05, 3.63) is 42.2 Å². The zero-order valence-electron chi connectivity index (χ0n) is 15.4. The number of hydrogen-bond donors (Lipinski definition) is 1. The van der Waals surface area contributed by atoms with Gasteiger partial charge in [-0.1, -0.05) is 0 Å². The van der Waals surface area contributed by atoms with Crippen LogP contribution in [0.25, 0.3) is 5.65 Å². The second-order valence-electron chi connectivity index (χ2n) is 6.71. The second kappa shape index (κ2) is 7.22. The standard InChI is InChI=1S/C19H22N6O2/c1-13-21-22-17-9-10-18(23-25(13)17)24-11-3-4-14(12-24)19(26)20-15-5-7-16(27-2)8-6-15/h5-10,14H,3-4,11-12H2,1-2H3,(H,20,26). The van der Waals surface area contributed by atoms with E-state index in [1.54, 1.807) is 11.6 Å². The molecule has 3 aromatic rings. The minimum Gasteiger partial charge on any atom is -0.497 e. The van der Waals surface area contributed by atoms with Gasteiger partial charge < -0.3 is 15.0 Å². The van der Waals surface area contributed by atoms with Gasteiger partial charge >= 0.3 is 0 Å². The van der Waals surface area contributed by atoms with Crippen molar-refractivity contribution < 1.29 is 9.53 Å². The van der Waals surface area contributed by atoms with Gasteiger partial charge in [0.2, 0.25) is 5.91 Å². The summed E-state index contributed by atoms with van der Waals surface area (Å²) >= 11 is 0. The number of methoxy groups -OCH3 is 1. The number of nitrogens with zero attached hydrogens (tertiary/aromatic N) is 5. The first-order chi connectivity index (χ1) is 13.1. The molecule has 0 saturated carbocycles. The summed E-state index contributed by atoms with van der Waals surface area (Å²) in [5.41, 5.74) is 1.50. The lowest BCUT2D eigenvalue weighted by atomic mass is 9.97. The van der Waals surface area contributed by atoms with Crippen LogP contribution in [-0.4, -0.2) is 45.9 Å². The maximum absolute atomic E-state index is 12.7. The van der Waals surface area contributed by atoms with Crippen molar-refractivity contribution in [2.75, 3.05) is 30.4 Å². The van der Waals surface area contributed by atoms with Gasteiger partial charge in [-0.3, -0.25) is 4.79 Å². The Labute approximate surface area is 157 Å². The molecule has 8 heteroatoms. The molecule has 1 aliphatic heterocycles. The van der Waals surface area contributed by atoms with Gasteiger partial charge in [0.15, 0.2) is 11.5 Å². The van der Waals surface area contributed by atoms with Crippen LogP contribution in [0.5, 0.6) is 5.75 Å². The molecule has 140 valence electrons. The fourth-order valence-electron chi connectivity index (χ4n) is 3.37. The lowest BCUT2D eigenvalue weighted by Gasteiger charge is -2.32. The minimum atomic E-state index is -0.0830. The number of rotatable bonds is 4. The van der Waals surface area contributed by atoms with Gasteiger partial charge in [-0.15, -0.1) is 15.3 Å². The number of carbonyl (C=O) groups excluding carboxylic acids is 1. The Bertz CT molecular complexity index is 952. The number of amides is 1. The number of piperidine rings is 1. The Balaban J connectivity index is 1.46. The smallest absolute Gasteiger partial charge is 0.229 e. The van der Waals surface area contributed by atoms with E-state index in [4.69, 9.17) is 4.74 Å². The molecular formula is C19H22N6O2. The highest BCUT2D eigenvalue weighted by atomic mass is 16.5. The Morgan fingerprint density at radius 2 is 2.00 bits per heavy atom. The van der Waals surface area contributed by atoms with Crippen molar-refractivity contribution in [3.8, 4) is 5.75 Å². The minimum absolute atomic E-state index is 0.0337. The number of aryl methyl sites for hydroxylation is 1. The largest absolute Gasteiger partial charge is 0.497 e. The number of aromatic nitrogens is 4. The van der Waals surface area contributed by atoms with Gasteiger partial charge in [-0.05, 0) is 56.2 Å². The molecule has 0 radical (unpaired) electrons. The van der Waals surface area contributed by atoms with E-state index < -0.39 is 0 Å². The van der Waals surface area contributed by atoms with Crippen LogP contribution < -0.4 is 15.0 Å². The highest BCUT2D eigenvalue weighted by Gasteiger charge is 2.27. The molecule has 1 atom stereocenters. The van der Waals surface area contributed by atoms with E-state index in [0.717, 1.165) is 48.1 Å². The van der Waals surface area contributed by atoms with E-state index in [1.165, 1.54) is 0 Å². The van der Waals surface area contributed by atoms with Crippen molar-refractivity contribution in [1.82, 2.24) is 19.8 Å². The molecule has 0 spiro atoms. The molecule has 4 rings (SSSR count). The molecule has 1 saturated heterocycles. The molecular weight excluding hydrogens is 344 g/mol. The Kier molecular flexibility index (Phi) is 4.62. The first kappa shape index (κ1) is 17.3. The van der Waals surface area contributed by atoms with Gasteiger partial charge in [-0.25, -0.2) is 0 Å². The normalized spacial score (nSPS) is 17.1. The Hall–Kier alpha value is -3.16. The molecule has 1 fully saturated rings. The predicted octanol–water partition coefficient (Wildman–Crippen LogP) is 2.30. The molecule has 1 unspecified atom stereocenters. The summed E-state index contributed by atoms with van der Waals surface area (Å²) in [6, 6.07) is 11.2. The molecule has 3 heterocycles. The molecule has 8 nitrogen and oxygen atoms in total. The van der Waals surface area contributed by atoms with Crippen molar-refractivity contribution in [2.45, 2.75) is 19.8 Å². The third kappa shape index (κ3) is 3.55. The third-order valence-corrected chi connectivity index (χ3v) is 4.88. The Morgan fingerprint density at radius 1 is 1.19 bits per heavy atom. The zero-order chi connectivity index (χ0) is 18.8. The monoisotopic (exact) mass is 366 g/mol. The summed E-state index contributed by atoms with van der Waals surface area (Å²) in [5, 5.41) is 15.7. The lowest BCUT2D eigenvalue weighted by molar-refractivity contribution is -0.120. The van der Waals surface area contributed by atoms with E-state index in [-0.39, 0.29) is 11.8 Å². The molecule has 1 aliphatic rings. The van der Waals surface area contributed by atoms with Crippen LogP contribution >= 0.6 is 0 Å². The zero-order valence-corrected chi connectivity index (χ0v) is 15.4. The number of fused-ring (bicyclic) bond motifs is 1. The van der Waals surface area contributed by atoms with E-state index >= 15 is 0 Å². The number of hydrogen-bond acceptors (Lipinski definition) is 6. The van der Waals surface area contributed by atoms with Crippen molar-refractivity contribution in [1.29, 1.82) is 0 Å². The van der Waals surface area contributed by atoms with E-state index in [1.807, 2.05) is 43.3 Å². The summed E-state index contributed by atoms with van der Waals surface area (Å²) in [5.74, 6) is 2.30. The predicted molar refractivity (Wildman–Crippen MR) is 102 cm³/mol. The fourth-order valence-corrected chi connectivity index (χ4v) is 3.37. The Morgan fingerprint density at radius 3 is 2.78 bits per heavy atom. The van der Waals surface area contributed by atoms with Crippen LogP contribution in [-0.2, 0) is 4.79 Å². The quantitative estimate of drug-likeness (QED) is 0.763.